The highest BCUT2D eigenvalue weighted by atomic mass is 32.1. The number of rotatable bonds is 7. The number of nitro benzene ring substituents is 1. The van der Waals surface area contributed by atoms with Crippen LogP contribution < -0.4 is 20.7 Å². The summed E-state index contributed by atoms with van der Waals surface area (Å²) in [5.41, 5.74) is 4.31. The molecule has 170 valence electrons. The third-order valence-electron chi connectivity index (χ3n) is 5.42. The molecule has 0 spiro atoms. The van der Waals surface area contributed by atoms with E-state index in [0.717, 1.165) is 30.5 Å². The number of fused-ring (bicyclic) bond motifs is 1. The van der Waals surface area contributed by atoms with E-state index in [1.165, 1.54) is 47.8 Å². The minimum absolute atomic E-state index is 0.107. The number of ether oxygens (including phenoxy) is 1. The zero-order chi connectivity index (χ0) is 23.4. The third-order valence-corrected chi connectivity index (χ3v) is 6.34. The van der Waals surface area contributed by atoms with E-state index in [1.807, 2.05) is 29.0 Å². The van der Waals surface area contributed by atoms with Gasteiger partial charge in [0.15, 0.2) is 5.11 Å². The number of nitro groups is 1. The lowest BCUT2D eigenvalue weighted by Gasteiger charge is -2.21. The number of nitrogens with one attached hydrogen (secondary N) is 3. The second-order valence-corrected chi connectivity index (χ2v) is 8.74. The van der Waals surface area contributed by atoms with Gasteiger partial charge in [-0.15, -0.1) is 0 Å². The molecule has 33 heavy (non-hydrogen) atoms. The molecule has 0 saturated carbocycles. The van der Waals surface area contributed by atoms with Crippen molar-refractivity contribution >= 4 is 51.6 Å². The van der Waals surface area contributed by atoms with Crippen LogP contribution in [0.1, 0.15) is 29.2 Å². The lowest BCUT2D eigenvalue weighted by molar-refractivity contribution is -0.384. The molecule has 0 fully saturated rings. The fourth-order valence-electron chi connectivity index (χ4n) is 3.80. The Hall–Kier alpha value is -3.50. The number of hydrogen-bond donors (Lipinski definition) is 3. The second kappa shape index (κ2) is 9.97. The van der Waals surface area contributed by atoms with Crippen LogP contribution in [0.15, 0.2) is 53.2 Å². The Labute approximate surface area is 200 Å². The smallest absolute Gasteiger partial charge is 0.271 e. The largest absolute Gasteiger partial charge is 0.495 e. The number of thiocarbonyl (C=S) groups is 1. The van der Waals surface area contributed by atoms with Gasteiger partial charge in [-0.2, -0.15) is 11.3 Å². The Kier molecular flexibility index (Phi) is 6.85. The van der Waals surface area contributed by atoms with Crippen molar-refractivity contribution in [2.24, 2.45) is 0 Å². The molecule has 3 N–H and O–H groups in total. The molecule has 2 aromatic carbocycles. The molecular weight excluding hydrogens is 460 g/mol. The molecule has 0 saturated heterocycles. The molecule has 4 rings (SSSR count). The molecule has 1 aliphatic carbocycles. The van der Waals surface area contributed by atoms with E-state index in [0.29, 0.717) is 11.4 Å². The van der Waals surface area contributed by atoms with E-state index < -0.39 is 11.0 Å². The van der Waals surface area contributed by atoms with E-state index in [-0.39, 0.29) is 16.7 Å². The van der Waals surface area contributed by atoms with Crippen LogP contribution in [0.2, 0.25) is 0 Å². The maximum Gasteiger partial charge on any atom is 0.271 e. The molecule has 1 atom stereocenters. The molecule has 0 bridgehead atoms. The highest BCUT2D eigenvalue weighted by Gasteiger charge is 2.23. The van der Waals surface area contributed by atoms with Crippen molar-refractivity contribution in [3.63, 3.8) is 0 Å². The van der Waals surface area contributed by atoms with Crippen LogP contribution in [-0.4, -0.2) is 23.1 Å². The normalized spacial score (nSPS) is 13.0. The maximum atomic E-state index is 13.2. The van der Waals surface area contributed by atoms with Crippen LogP contribution in [0.5, 0.6) is 5.75 Å². The molecule has 1 aromatic heterocycles. The molecule has 0 radical (unpaired) electrons. The quantitative estimate of drug-likeness (QED) is 0.252. The Morgan fingerprint density at radius 3 is 2.70 bits per heavy atom. The number of hydrogen-bond acceptors (Lipinski definition) is 6. The molecule has 8 nitrogen and oxygen atoms in total. The summed E-state index contributed by atoms with van der Waals surface area (Å²) in [5, 5.41) is 24.0. The van der Waals surface area contributed by atoms with Gasteiger partial charge in [0.05, 0.1) is 17.7 Å². The first-order valence-electron chi connectivity index (χ1n) is 10.3. The standard InChI is InChI=1S/C23H22N4O4S2/c1-31-20-8-7-18(27(29)30)12-19(20)25-23(32)26-21(16-9-10-33-13-16)22(28)24-17-6-5-14-3-2-4-15(14)11-17/h5-13,21H,2-4H2,1H3,(H,24,28)(H2,25,26,32). The van der Waals surface area contributed by atoms with Gasteiger partial charge in [0.2, 0.25) is 0 Å². The first kappa shape index (κ1) is 22.7. The lowest BCUT2D eigenvalue weighted by atomic mass is 10.1. The van der Waals surface area contributed by atoms with Crippen LogP contribution in [-0.2, 0) is 17.6 Å². The van der Waals surface area contributed by atoms with Crippen molar-refractivity contribution in [3.05, 3.63) is 80.0 Å². The summed E-state index contributed by atoms with van der Waals surface area (Å²) >= 11 is 6.90. The van der Waals surface area contributed by atoms with Crippen molar-refractivity contribution in [1.82, 2.24) is 5.32 Å². The van der Waals surface area contributed by atoms with Gasteiger partial charge < -0.3 is 20.7 Å². The number of benzene rings is 2. The summed E-state index contributed by atoms with van der Waals surface area (Å²) in [6.45, 7) is 0. The fraction of sp³-hybridized carbons (Fsp3) is 0.217. The summed E-state index contributed by atoms with van der Waals surface area (Å²) in [6.07, 6.45) is 3.22. The monoisotopic (exact) mass is 482 g/mol. The predicted octanol–water partition coefficient (Wildman–Crippen LogP) is 4.82. The number of amides is 1. The Balaban J connectivity index is 1.51. The number of carbonyl (C=O) groups is 1. The summed E-state index contributed by atoms with van der Waals surface area (Å²) in [4.78, 5) is 23.8. The number of nitrogens with zero attached hydrogens (tertiary/aromatic N) is 1. The second-order valence-electron chi connectivity index (χ2n) is 7.56. The van der Waals surface area contributed by atoms with Crippen molar-refractivity contribution < 1.29 is 14.5 Å². The van der Waals surface area contributed by atoms with Gasteiger partial charge in [-0.1, -0.05) is 6.07 Å². The molecule has 0 aliphatic heterocycles. The van der Waals surface area contributed by atoms with Gasteiger partial charge in [0.1, 0.15) is 11.8 Å². The fourth-order valence-corrected chi connectivity index (χ4v) is 4.71. The Bertz CT molecular complexity index is 1200. The number of carbonyl (C=O) groups excluding carboxylic acids is 1. The first-order valence-corrected chi connectivity index (χ1v) is 11.6. The Morgan fingerprint density at radius 1 is 1.15 bits per heavy atom. The van der Waals surface area contributed by atoms with E-state index in [1.54, 1.807) is 0 Å². The first-order chi connectivity index (χ1) is 15.9. The topological polar surface area (TPSA) is 106 Å². The zero-order valence-electron chi connectivity index (χ0n) is 17.8. The van der Waals surface area contributed by atoms with Crippen molar-refractivity contribution in [2.75, 3.05) is 17.7 Å². The van der Waals surface area contributed by atoms with Crippen molar-refractivity contribution in [1.29, 1.82) is 0 Å². The van der Waals surface area contributed by atoms with Gasteiger partial charge in [0, 0.05) is 17.8 Å². The van der Waals surface area contributed by atoms with Crippen LogP contribution in [0, 0.1) is 10.1 Å². The average Bonchev–Trinajstić information content (AvgIpc) is 3.49. The average molecular weight is 483 g/mol. The number of non-ortho nitro benzene ring substituents is 1. The molecule has 1 amide bonds. The molecule has 1 heterocycles. The van der Waals surface area contributed by atoms with Crippen LogP contribution in [0.4, 0.5) is 17.1 Å². The number of anilines is 2. The zero-order valence-corrected chi connectivity index (χ0v) is 19.4. The van der Waals surface area contributed by atoms with Gasteiger partial charge in [-0.3, -0.25) is 14.9 Å². The van der Waals surface area contributed by atoms with Gasteiger partial charge in [-0.25, -0.2) is 0 Å². The minimum Gasteiger partial charge on any atom is -0.495 e. The van der Waals surface area contributed by atoms with Crippen LogP contribution >= 0.6 is 23.6 Å². The van der Waals surface area contributed by atoms with Gasteiger partial charge in [0.25, 0.3) is 11.6 Å². The SMILES string of the molecule is COc1ccc([N+](=O)[O-])cc1NC(=S)NC(C(=O)Nc1ccc2c(c1)CCC2)c1ccsc1. The highest BCUT2D eigenvalue weighted by molar-refractivity contribution is 7.80. The minimum atomic E-state index is -0.755. The Morgan fingerprint density at radius 2 is 1.97 bits per heavy atom. The summed E-state index contributed by atoms with van der Waals surface area (Å²) in [7, 11) is 1.46. The third kappa shape index (κ3) is 5.29. The van der Waals surface area contributed by atoms with Gasteiger partial charge >= 0.3 is 0 Å². The summed E-state index contributed by atoms with van der Waals surface area (Å²) in [6, 6.07) is 11.3. The lowest BCUT2D eigenvalue weighted by Crippen LogP contribution is -2.39. The van der Waals surface area contributed by atoms with E-state index in [2.05, 4.69) is 22.0 Å². The number of thiophene rings is 1. The number of methoxy groups -OCH3 is 1. The summed E-state index contributed by atoms with van der Waals surface area (Å²) < 4.78 is 5.27. The number of aryl methyl sites for hydroxylation is 2. The van der Waals surface area contributed by atoms with Crippen molar-refractivity contribution in [3.8, 4) is 5.75 Å². The van der Waals surface area contributed by atoms with Crippen molar-refractivity contribution in [2.45, 2.75) is 25.3 Å². The van der Waals surface area contributed by atoms with Crippen LogP contribution in [0.3, 0.4) is 0 Å². The highest BCUT2D eigenvalue weighted by Crippen LogP contribution is 2.29. The summed E-state index contributed by atoms with van der Waals surface area (Å²) in [5.74, 6) is 0.126. The predicted molar refractivity (Wildman–Crippen MR) is 133 cm³/mol. The van der Waals surface area contributed by atoms with Gasteiger partial charge in [-0.05, 0) is 83.2 Å². The molecule has 3 aromatic rings. The molecule has 1 unspecified atom stereocenters. The van der Waals surface area contributed by atoms with E-state index in [4.69, 9.17) is 17.0 Å². The maximum absolute atomic E-state index is 13.2. The van der Waals surface area contributed by atoms with E-state index in [9.17, 15) is 14.9 Å². The molecule has 1 aliphatic rings. The molecule has 10 heteroatoms. The van der Waals surface area contributed by atoms with Crippen LogP contribution in [0.25, 0.3) is 0 Å². The molecular formula is C23H22N4O4S2. The van der Waals surface area contributed by atoms with E-state index >= 15 is 0 Å².